The number of nitrogens with one attached hydrogen (secondary N) is 1. The van der Waals surface area contributed by atoms with Gasteiger partial charge in [0.15, 0.2) is 11.9 Å². The molecule has 1 saturated heterocycles. The van der Waals surface area contributed by atoms with Gasteiger partial charge in [0.05, 0.1) is 0 Å². The summed E-state index contributed by atoms with van der Waals surface area (Å²) in [6.45, 7) is 2.16. The Morgan fingerprint density at radius 1 is 1.38 bits per heavy atom. The van der Waals surface area contributed by atoms with E-state index in [1.165, 1.54) is 12.8 Å². The molecule has 2 aromatic rings. The zero-order chi connectivity index (χ0) is 14.5. The predicted molar refractivity (Wildman–Crippen MR) is 78.9 cm³/mol. The summed E-state index contributed by atoms with van der Waals surface area (Å²) in [6, 6.07) is 9.94. The third-order valence-electron chi connectivity index (χ3n) is 3.92. The molecule has 0 aliphatic carbocycles. The molecule has 1 aliphatic rings. The van der Waals surface area contributed by atoms with Crippen molar-refractivity contribution < 1.29 is 9.26 Å². The number of aromatic nitrogens is 2. The zero-order valence-corrected chi connectivity index (χ0v) is 12.3. The Balaban J connectivity index is 1.71. The molecule has 5 heteroatoms. The van der Waals surface area contributed by atoms with Crippen LogP contribution in [0.15, 0.2) is 34.9 Å². The number of hydrogen-bond donors (Lipinski definition) is 1. The molecule has 0 saturated carbocycles. The van der Waals surface area contributed by atoms with E-state index in [0.717, 1.165) is 30.9 Å². The second-order valence-corrected chi connectivity index (χ2v) is 5.49. The Kier molecular flexibility index (Phi) is 4.62. The Hall–Kier alpha value is -1.72. The number of ether oxygens (including phenoxy) is 1. The molecule has 112 valence electrons. The van der Waals surface area contributed by atoms with Crippen LogP contribution in [-0.2, 0) is 11.2 Å². The fourth-order valence-electron chi connectivity index (χ4n) is 2.82. The van der Waals surface area contributed by atoms with Gasteiger partial charge in [0.2, 0.25) is 0 Å². The van der Waals surface area contributed by atoms with E-state index in [1.807, 2.05) is 30.3 Å². The molecule has 1 aromatic carbocycles. The average molecular weight is 287 g/mol. The van der Waals surface area contributed by atoms with E-state index in [4.69, 9.17) is 9.26 Å². The first-order valence-electron chi connectivity index (χ1n) is 7.47. The monoisotopic (exact) mass is 287 g/mol. The van der Waals surface area contributed by atoms with Crippen molar-refractivity contribution in [3.05, 3.63) is 47.6 Å². The van der Waals surface area contributed by atoms with Crippen LogP contribution in [0.1, 0.15) is 36.2 Å². The highest BCUT2D eigenvalue weighted by Gasteiger charge is 2.22. The first kappa shape index (κ1) is 14.2. The quantitative estimate of drug-likeness (QED) is 0.914. The second-order valence-electron chi connectivity index (χ2n) is 5.49. The Morgan fingerprint density at radius 3 is 2.95 bits per heavy atom. The molecule has 1 fully saturated rings. The lowest BCUT2D eigenvalue weighted by Crippen LogP contribution is -2.31. The van der Waals surface area contributed by atoms with Crippen molar-refractivity contribution in [2.45, 2.75) is 25.4 Å². The molecule has 2 heterocycles. The summed E-state index contributed by atoms with van der Waals surface area (Å²) in [4.78, 5) is 4.52. The van der Waals surface area contributed by atoms with Crippen molar-refractivity contribution in [2.75, 3.05) is 20.2 Å². The van der Waals surface area contributed by atoms with E-state index < -0.39 is 0 Å². The van der Waals surface area contributed by atoms with E-state index >= 15 is 0 Å². The molecule has 3 rings (SSSR count). The van der Waals surface area contributed by atoms with Gasteiger partial charge in [0, 0.05) is 13.5 Å². The van der Waals surface area contributed by atoms with Crippen LogP contribution in [0.3, 0.4) is 0 Å². The van der Waals surface area contributed by atoms with Gasteiger partial charge in [0.25, 0.3) is 5.89 Å². The van der Waals surface area contributed by atoms with Crippen molar-refractivity contribution in [2.24, 2.45) is 5.92 Å². The summed E-state index contributed by atoms with van der Waals surface area (Å²) in [5, 5.41) is 7.52. The van der Waals surface area contributed by atoms with Gasteiger partial charge in [-0.15, -0.1) is 0 Å². The molecule has 0 bridgehead atoms. The SMILES string of the molecule is COC(c1ccccc1)c1nc(CC2CCCNC2)no1. The number of rotatable bonds is 5. The molecular weight excluding hydrogens is 266 g/mol. The summed E-state index contributed by atoms with van der Waals surface area (Å²) in [5.74, 6) is 1.90. The number of hydrogen-bond acceptors (Lipinski definition) is 5. The normalized spacial score (nSPS) is 20.3. The molecule has 5 nitrogen and oxygen atoms in total. The first-order valence-corrected chi connectivity index (χ1v) is 7.47. The van der Waals surface area contributed by atoms with Gasteiger partial charge in [-0.1, -0.05) is 35.5 Å². The van der Waals surface area contributed by atoms with Crippen LogP contribution in [-0.4, -0.2) is 30.3 Å². The van der Waals surface area contributed by atoms with Crippen LogP contribution in [0.2, 0.25) is 0 Å². The van der Waals surface area contributed by atoms with E-state index in [-0.39, 0.29) is 6.10 Å². The van der Waals surface area contributed by atoms with Gasteiger partial charge in [0.1, 0.15) is 0 Å². The molecule has 2 atom stereocenters. The van der Waals surface area contributed by atoms with Crippen LogP contribution in [0.4, 0.5) is 0 Å². The standard InChI is InChI=1S/C16H21N3O2/c1-20-15(13-7-3-2-4-8-13)16-18-14(19-21-16)10-12-6-5-9-17-11-12/h2-4,7-8,12,15,17H,5-6,9-11H2,1H3. The van der Waals surface area contributed by atoms with Gasteiger partial charge < -0.3 is 14.6 Å². The lowest BCUT2D eigenvalue weighted by Gasteiger charge is -2.21. The third kappa shape index (κ3) is 3.49. The fourth-order valence-corrected chi connectivity index (χ4v) is 2.82. The average Bonchev–Trinajstić information content (AvgIpc) is 2.98. The molecular formula is C16H21N3O2. The lowest BCUT2D eigenvalue weighted by atomic mass is 9.96. The van der Waals surface area contributed by atoms with E-state index in [9.17, 15) is 0 Å². The second kappa shape index (κ2) is 6.83. The van der Waals surface area contributed by atoms with Crippen LogP contribution in [0.25, 0.3) is 0 Å². The van der Waals surface area contributed by atoms with Crippen molar-refractivity contribution in [1.82, 2.24) is 15.5 Å². The minimum absolute atomic E-state index is 0.295. The summed E-state index contributed by atoms with van der Waals surface area (Å²) >= 11 is 0. The van der Waals surface area contributed by atoms with Crippen LogP contribution in [0, 0.1) is 5.92 Å². The van der Waals surface area contributed by atoms with Gasteiger partial charge in [-0.25, -0.2) is 0 Å². The summed E-state index contributed by atoms with van der Waals surface area (Å²) < 4.78 is 10.9. The largest absolute Gasteiger partial charge is 0.367 e. The van der Waals surface area contributed by atoms with Gasteiger partial charge in [-0.3, -0.25) is 0 Å². The van der Waals surface area contributed by atoms with Crippen LogP contribution in [0.5, 0.6) is 0 Å². The first-order chi connectivity index (χ1) is 10.4. The maximum absolute atomic E-state index is 5.52. The minimum atomic E-state index is -0.295. The van der Waals surface area contributed by atoms with Gasteiger partial charge >= 0.3 is 0 Å². The molecule has 21 heavy (non-hydrogen) atoms. The van der Waals surface area contributed by atoms with Crippen molar-refractivity contribution in [3.8, 4) is 0 Å². The smallest absolute Gasteiger partial charge is 0.260 e. The number of piperidine rings is 1. The molecule has 1 N–H and O–H groups in total. The molecule has 2 unspecified atom stereocenters. The number of nitrogens with zero attached hydrogens (tertiary/aromatic N) is 2. The predicted octanol–water partition coefficient (Wildman–Crippen LogP) is 2.35. The van der Waals surface area contributed by atoms with E-state index in [1.54, 1.807) is 7.11 Å². The lowest BCUT2D eigenvalue weighted by molar-refractivity contribution is 0.105. The Bertz CT molecular complexity index is 550. The van der Waals surface area contributed by atoms with Crippen molar-refractivity contribution >= 4 is 0 Å². The van der Waals surface area contributed by atoms with Gasteiger partial charge in [-0.2, -0.15) is 4.98 Å². The summed E-state index contributed by atoms with van der Waals surface area (Å²) in [5.41, 5.74) is 1.02. The highest BCUT2D eigenvalue weighted by molar-refractivity contribution is 5.22. The van der Waals surface area contributed by atoms with Crippen molar-refractivity contribution in [1.29, 1.82) is 0 Å². The molecule has 0 spiro atoms. The van der Waals surface area contributed by atoms with E-state index in [0.29, 0.717) is 11.8 Å². The van der Waals surface area contributed by atoms with E-state index in [2.05, 4.69) is 15.5 Å². The fraction of sp³-hybridized carbons (Fsp3) is 0.500. The Morgan fingerprint density at radius 2 is 2.24 bits per heavy atom. The molecule has 0 radical (unpaired) electrons. The maximum Gasteiger partial charge on any atom is 0.260 e. The highest BCUT2D eigenvalue weighted by atomic mass is 16.5. The number of benzene rings is 1. The zero-order valence-electron chi connectivity index (χ0n) is 12.3. The Labute approximate surface area is 124 Å². The minimum Gasteiger partial charge on any atom is -0.367 e. The van der Waals surface area contributed by atoms with Crippen LogP contribution >= 0.6 is 0 Å². The summed E-state index contributed by atoms with van der Waals surface area (Å²) in [7, 11) is 1.66. The molecule has 1 aliphatic heterocycles. The van der Waals surface area contributed by atoms with Crippen molar-refractivity contribution in [3.63, 3.8) is 0 Å². The van der Waals surface area contributed by atoms with Crippen LogP contribution < -0.4 is 5.32 Å². The maximum atomic E-state index is 5.52. The topological polar surface area (TPSA) is 60.2 Å². The number of methoxy groups -OCH3 is 1. The molecule has 1 aromatic heterocycles. The third-order valence-corrected chi connectivity index (χ3v) is 3.92. The molecule has 0 amide bonds. The van der Waals surface area contributed by atoms with Gasteiger partial charge in [-0.05, 0) is 37.4 Å². The highest BCUT2D eigenvalue weighted by Crippen LogP contribution is 2.24. The summed E-state index contributed by atoms with van der Waals surface area (Å²) in [6.07, 6.45) is 3.02.